The molecule has 104 valence electrons. The van der Waals surface area contributed by atoms with E-state index in [1.54, 1.807) is 6.92 Å². The zero-order valence-electron chi connectivity index (χ0n) is 10.9. The van der Waals surface area contributed by atoms with Crippen LogP contribution in [0.2, 0.25) is 4.47 Å². The predicted octanol–water partition coefficient (Wildman–Crippen LogP) is 3.21. The monoisotopic (exact) mass is 310 g/mol. The van der Waals surface area contributed by atoms with Gasteiger partial charge in [-0.3, -0.25) is 0 Å². The first-order valence-corrected chi connectivity index (χ1v) is 8.63. The Morgan fingerprint density at radius 1 is 1.39 bits per heavy atom. The highest BCUT2D eigenvalue weighted by atomic mass is 35.5. The highest BCUT2D eigenvalue weighted by molar-refractivity contribution is 7.91. The van der Waals surface area contributed by atoms with Gasteiger partial charge < -0.3 is 0 Å². The standard InChI is InChI=1S/C11H19ClN2O2S2/c1-8(2)6-4-5-7-13-18(15,16)10-9(3)14-11(12)17-10/h8,13H,4-7H2,1-3H3. The molecule has 0 aromatic carbocycles. The highest BCUT2D eigenvalue weighted by Crippen LogP contribution is 2.26. The van der Waals surface area contributed by atoms with E-state index < -0.39 is 10.0 Å². The Morgan fingerprint density at radius 2 is 2.06 bits per heavy atom. The minimum absolute atomic E-state index is 0.219. The molecule has 0 amide bonds. The van der Waals surface area contributed by atoms with E-state index in [1.807, 2.05) is 0 Å². The van der Waals surface area contributed by atoms with E-state index in [1.165, 1.54) is 0 Å². The summed E-state index contributed by atoms with van der Waals surface area (Å²) in [6.45, 7) is 6.43. The zero-order chi connectivity index (χ0) is 13.8. The molecule has 7 heteroatoms. The summed E-state index contributed by atoms with van der Waals surface area (Å²) < 4.78 is 27.0. The average Bonchev–Trinajstić information content (AvgIpc) is 2.57. The van der Waals surface area contributed by atoms with Crippen molar-refractivity contribution in [3.05, 3.63) is 10.2 Å². The Bertz CT molecular complexity index is 483. The van der Waals surface area contributed by atoms with Crippen LogP contribution in [0.15, 0.2) is 4.21 Å². The molecule has 1 rings (SSSR count). The van der Waals surface area contributed by atoms with Gasteiger partial charge in [-0.05, 0) is 19.3 Å². The fourth-order valence-electron chi connectivity index (χ4n) is 1.55. The first kappa shape index (κ1) is 15.9. The van der Waals surface area contributed by atoms with Crippen LogP contribution in [-0.2, 0) is 10.0 Å². The van der Waals surface area contributed by atoms with Crippen LogP contribution < -0.4 is 4.72 Å². The summed E-state index contributed by atoms with van der Waals surface area (Å²) in [6.07, 6.45) is 3.00. The number of hydrogen-bond donors (Lipinski definition) is 1. The van der Waals surface area contributed by atoms with Crippen LogP contribution >= 0.6 is 22.9 Å². The molecule has 18 heavy (non-hydrogen) atoms. The normalized spacial score (nSPS) is 12.3. The minimum atomic E-state index is -3.45. The molecule has 1 heterocycles. The van der Waals surface area contributed by atoms with Crippen molar-refractivity contribution in [2.75, 3.05) is 6.54 Å². The summed E-state index contributed by atoms with van der Waals surface area (Å²) in [4.78, 5) is 3.91. The Labute approximate surface area is 118 Å². The fourth-order valence-corrected chi connectivity index (χ4v) is 4.41. The molecule has 0 atom stereocenters. The molecule has 0 spiro atoms. The van der Waals surface area contributed by atoms with Crippen molar-refractivity contribution in [1.29, 1.82) is 0 Å². The van der Waals surface area contributed by atoms with E-state index in [0.29, 0.717) is 18.2 Å². The summed E-state index contributed by atoms with van der Waals surface area (Å²) in [7, 11) is -3.45. The maximum absolute atomic E-state index is 12.0. The average molecular weight is 311 g/mol. The van der Waals surface area contributed by atoms with Gasteiger partial charge in [-0.25, -0.2) is 18.1 Å². The first-order chi connectivity index (χ1) is 8.33. The quantitative estimate of drug-likeness (QED) is 0.787. The van der Waals surface area contributed by atoms with Gasteiger partial charge in [0.05, 0.1) is 5.69 Å². The van der Waals surface area contributed by atoms with Crippen LogP contribution in [0.25, 0.3) is 0 Å². The van der Waals surface area contributed by atoms with Gasteiger partial charge in [0, 0.05) is 6.54 Å². The molecule has 0 aliphatic carbocycles. The smallest absolute Gasteiger partial charge is 0.229 e. The van der Waals surface area contributed by atoms with Crippen molar-refractivity contribution in [3.63, 3.8) is 0 Å². The van der Waals surface area contributed by atoms with Crippen molar-refractivity contribution < 1.29 is 8.42 Å². The van der Waals surface area contributed by atoms with E-state index in [4.69, 9.17) is 11.6 Å². The highest BCUT2D eigenvalue weighted by Gasteiger charge is 2.20. The van der Waals surface area contributed by atoms with E-state index in [2.05, 4.69) is 23.6 Å². The van der Waals surface area contributed by atoms with E-state index in [-0.39, 0.29) is 8.68 Å². The van der Waals surface area contributed by atoms with Crippen molar-refractivity contribution in [2.45, 2.75) is 44.2 Å². The number of rotatable bonds is 7. The van der Waals surface area contributed by atoms with Crippen molar-refractivity contribution in [1.82, 2.24) is 9.71 Å². The lowest BCUT2D eigenvalue weighted by atomic mass is 10.1. The van der Waals surface area contributed by atoms with Gasteiger partial charge in [0.2, 0.25) is 0 Å². The molecule has 0 aliphatic heterocycles. The molecule has 1 aromatic heterocycles. The second-order valence-electron chi connectivity index (χ2n) is 4.63. The molecule has 1 aromatic rings. The van der Waals surface area contributed by atoms with Gasteiger partial charge in [-0.15, -0.1) is 0 Å². The van der Waals surface area contributed by atoms with E-state index >= 15 is 0 Å². The van der Waals surface area contributed by atoms with Gasteiger partial charge in [0.15, 0.2) is 8.68 Å². The molecule has 0 fully saturated rings. The first-order valence-electron chi connectivity index (χ1n) is 5.95. The number of sulfonamides is 1. The third kappa shape index (κ3) is 4.84. The summed E-state index contributed by atoms with van der Waals surface area (Å²) in [5.74, 6) is 0.657. The van der Waals surface area contributed by atoms with Crippen LogP contribution in [0.4, 0.5) is 0 Å². The lowest BCUT2D eigenvalue weighted by Crippen LogP contribution is -2.24. The van der Waals surface area contributed by atoms with Crippen LogP contribution in [0, 0.1) is 12.8 Å². The van der Waals surface area contributed by atoms with Gasteiger partial charge in [-0.1, -0.05) is 49.6 Å². The second kappa shape index (κ2) is 6.84. The molecule has 0 saturated carbocycles. The molecule has 0 unspecified atom stereocenters. The lowest BCUT2D eigenvalue weighted by molar-refractivity contribution is 0.531. The van der Waals surface area contributed by atoms with Crippen LogP contribution in [0.3, 0.4) is 0 Å². The van der Waals surface area contributed by atoms with Gasteiger partial charge in [0.1, 0.15) is 0 Å². The van der Waals surface area contributed by atoms with E-state index in [0.717, 1.165) is 30.6 Å². The molecular formula is C11H19ClN2O2S2. The maximum Gasteiger partial charge on any atom is 0.251 e. The summed E-state index contributed by atoms with van der Waals surface area (Å²) in [6, 6.07) is 0. The van der Waals surface area contributed by atoms with E-state index in [9.17, 15) is 8.42 Å². The van der Waals surface area contributed by atoms with Gasteiger partial charge >= 0.3 is 0 Å². The number of nitrogens with zero attached hydrogens (tertiary/aromatic N) is 1. The number of hydrogen-bond acceptors (Lipinski definition) is 4. The summed E-state index contributed by atoms with van der Waals surface area (Å²) in [5.41, 5.74) is 0.458. The molecular weight excluding hydrogens is 292 g/mol. The van der Waals surface area contributed by atoms with Crippen LogP contribution in [0.1, 0.15) is 38.8 Å². The molecule has 0 saturated heterocycles. The Kier molecular flexibility index (Phi) is 6.04. The Hall–Kier alpha value is -0.170. The molecule has 4 nitrogen and oxygen atoms in total. The third-order valence-electron chi connectivity index (χ3n) is 2.47. The largest absolute Gasteiger partial charge is 0.251 e. The Morgan fingerprint density at radius 3 is 2.56 bits per heavy atom. The van der Waals surface area contributed by atoms with Gasteiger partial charge in [-0.2, -0.15) is 0 Å². The number of nitrogens with one attached hydrogen (secondary N) is 1. The third-order valence-corrected chi connectivity index (χ3v) is 5.80. The maximum atomic E-state index is 12.0. The second-order valence-corrected chi connectivity index (χ2v) is 8.17. The van der Waals surface area contributed by atoms with Crippen LogP contribution in [-0.4, -0.2) is 19.9 Å². The number of aryl methyl sites for hydroxylation is 1. The topological polar surface area (TPSA) is 59.1 Å². The van der Waals surface area contributed by atoms with Crippen molar-refractivity contribution >= 4 is 33.0 Å². The lowest BCUT2D eigenvalue weighted by Gasteiger charge is -2.06. The fraction of sp³-hybridized carbons (Fsp3) is 0.727. The van der Waals surface area contributed by atoms with Gasteiger partial charge in [0.25, 0.3) is 10.0 Å². The molecule has 0 aliphatic rings. The zero-order valence-corrected chi connectivity index (χ0v) is 13.3. The number of halogens is 1. The van der Waals surface area contributed by atoms with Crippen molar-refractivity contribution in [2.24, 2.45) is 5.92 Å². The SMILES string of the molecule is Cc1nc(Cl)sc1S(=O)(=O)NCCCCC(C)C. The summed E-state index contributed by atoms with van der Waals surface area (Å²) >= 11 is 6.70. The van der Waals surface area contributed by atoms with Crippen LogP contribution in [0.5, 0.6) is 0 Å². The minimum Gasteiger partial charge on any atom is -0.229 e. The number of unbranched alkanes of at least 4 members (excludes halogenated alkanes) is 1. The molecule has 0 bridgehead atoms. The van der Waals surface area contributed by atoms with Crippen molar-refractivity contribution in [3.8, 4) is 0 Å². The number of aromatic nitrogens is 1. The molecule has 1 N–H and O–H groups in total. The summed E-state index contributed by atoms with van der Waals surface area (Å²) in [5, 5.41) is 0. The Balaban J connectivity index is 2.48. The predicted molar refractivity (Wildman–Crippen MR) is 75.7 cm³/mol. The number of thiazole rings is 1. The molecule has 0 radical (unpaired) electrons.